The fraction of sp³-hybridized carbons (Fsp3) is 0.111. The lowest BCUT2D eigenvalue weighted by Gasteiger charge is -2.12. The number of hydrogen-bond donors (Lipinski definition) is 0. The summed E-state index contributed by atoms with van der Waals surface area (Å²) >= 11 is 0. The first kappa shape index (κ1) is 15.6. The minimum absolute atomic E-state index is 0.0418. The minimum atomic E-state index is -2.09. The van der Waals surface area contributed by atoms with Gasteiger partial charge in [0.15, 0.2) is 0 Å². The van der Waals surface area contributed by atoms with E-state index in [0.29, 0.717) is 18.4 Å². The van der Waals surface area contributed by atoms with Crippen molar-refractivity contribution >= 4 is 23.7 Å². The van der Waals surface area contributed by atoms with Gasteiger partial charge in [-0.25, -0.2) is 4.90 Å². The molecule has 0 atom stereocenters. The van der Waals surface area contributed by atoms with Crippen LogP contribution < -0.4 is 5.11 Å². The summed E-state index contributed by atoms with van der Waals surface area (Å²) < 4.78 is 0. The summed E-state index contributed by atoms with van der Waals surface area (Å²) in [5.41, 5.74) is 1.80. The van der Waals surface area contributed by atoms with Gasteiger partial charge in [-0.1, -0.05) is 42.5 Å². The summed E-state index contributed by atoms with van der Waals surface area (Å²) in [6, 6.07) is 14.3. The van der Waals surface area contributed by atoms with Gasteiger partial charge in [0, 0.05) is 0 Å². The second kappa shape index (κ2) is 6.08. The van der Waals surface area contributed by atoms with Gasteiger partial charge in [0.2, 0.25) is 0 Å². The molecule has 0 radical (unpaired) electrons. The van der Waals surface area contributed by atoms with Crippen molar-refractivity contribution in [2.24, 2.45) is 0 Å². The zero-order chi connectivity index (χ0) is 17.3. The summed E-state index contributed by atoms with van der Waals surface area (Å²) in [5, 5.41) is 10.7. The largest absolute Gasteiger partial charge is 0.540 e. The highest BCUT2D eigenvalue weighted by atomic mass is 16.4. The van der Waals surface area contributed by atoms with Crippen LogP contribution >= 0.6 is 0 Å². The van der Waals surface area contributed by atoms with Crippen LogP contribution in [-0.4, -0.2) is 28.6 Å². The SMILES string of the molecule is O=C([O-])C(=O)N1C(=O)c2cccc(CCc3ccccc3)c2C1=O. The molecule has 2 aromatic rings. The molecule has 0 spiro atoms. The topological polar surface area (TPSA) is 94.6 Å². The van der Waals surface area contributed by atoms with Crippen LogP contribution in [0.3, 0.4) is 0 Å². The molecular formula is C18H12NO5-. The minimum Gasteiger partial charge on any atom is -0.540 e. The fourth-order valence-electron chi connectivity index (χ4n) is 2.76. The smallest absolute Gasteiger partial charge is 0.283 e. The zero-order valence-corrected chi connectivity index (χ0v) is 12.5. The van der Waals surface area contributed by atoms with Crippen LogP contribution in [0.25, 0.3) is 0 Å². The van der Waals surface area contributed by atoms with E-state index in [-0.39, 0.29) is 16.0 Å². The number of carbonyl (C=O) groups excluding carboxylic acids is 4. The molecule has 6 heteroatoms. The molecule has 1 aliphatic rings. The summed E-state index contributed by atoms with van der Waals surface area (Å²) in [4.78, 5) is 46.9. The maximum atomic E-state index is 12.4. The lowest BCUT2D eigenvalue weighted by Crippen LogP contribution is -2.46. The van der Waals surface area contributed by atoms with Gasteiger partial charge >= 0.3 is 0 Å². The summed E-state index contributed by atoms with van der Waals surface area (Å²) in [7, 11) is 0. The molecule has 3 amide bonds. The predicted molar refractivity (Wildman–Crippen MR) is 80.8 cm³/mol. The zero-order valence-electron chi connectivity index (χ0n) is 12.5. The fourth-order valence-corrected chi connectivity index (χ4v) is 2.76. The average Bonchev–Trinajstić information content (AvgIpc) is 2.85. The van der Waals surface area contributed by atoms with Crippen molar-refractivity contribution in [2.45, 2.75) is 12.8 Å². The highest BCUT2D eigenvalue weighted by molar-refractivity contribution is 6.43. The van der Waals surface area contributed by atoms with Crippen LogP contribution in [0, 0.1) is 0 Å². The molecule has 0 aliphatic carbocycles. The standard InChI is InChI=1S/C18H13NO5/c20-15-13-8-4-7-12(10-9-11-5-2-1-3-6-11)14(13)16(21)19(15)17(22)18(23)24/h1-8H,9-10H2,(H,23,24)/p-1. The molecule has 0 N–H and O–H groups in total. The lowest BCUT2D eigenvalue weighted by molar-refractivity contribution is -0.301. The number of aryl methyl sites for hydroxylation is 2. The van der Waals surface area contributed by atoms with E-state index in [2.05, 4.69) is 0 Å². The number of aliphatic carboxylic acids is 1. The number of hydrogen-bond acceptors (Lipinski definition) is 5. The van der Waals surface area contributed by atoms with Gasteiger partial charge in [-0.05, 0) is 30.0 Å². The van der Waals surface area contributed by atoms with Gasteiger partial charge in [-0.15, -0.1) is 0 Å². The quantitative estimate of drug-likeness (QED) is 0.600. The highest BCUT2D eigenvalue weighted by Crippen LogP contribution is 2.27. The number of carbonyl (C=O) groups is 4. The molecule has 6 nitrogen and oxygen atoms in total. The number of carboxylic acid groups (broad SMARTS) is 1. The van der Waals surface area contributed by atoms with E-state index in [9.17, 15) is 24.3 Å². The molecule has 0 aromatic heterocycles. The van der Waals surface area contributed by atoms with Gasteiger partial charge < -0.3 is 9.90 Å². The molecule has 24 heavy (non-hydrogen) atoms. The van der Waals surface area contributed by atoms with Crippen LogP contribution in [0.4, 0.5) is 0 Å². The highest BCUT2D eigenvalue weighted by Gasteiger charge is 2.41. The molecular weight excluding hydrogens is 310 g/mol. The first-order valence-corrected chi connectivity index (χ1v) is 7.30. The van der Waals surface area contributed by atoms with E-state index in [1.165, 1.54) is 6.07 Å². The van der Waals surface area contributed by atoms with E-state index in [1.54, 1.807) is 12.1 Å². The number of amides is 3. The predicted octanol–water partition coefficient (Wildman–Crippen LogP) is 0.344. The third-order valence-corrected chi connectivity index (χ3v) is 3.90. The number of nitrogens with zero attached hydrogens (tertiary/aromatic N) is 1. The van der Waals surface area contributed by atoms with E-state index in [4.69, 9.17) is 0 Å². The van der Waals surface area contributed by atoms with Crippen molar-refractivity contribution < 1.29 is 24.3 Å². The van der Waals surface area contributed by atoms with Crippen molar-refractivity contribution in [2.75, 3.05) is 0 Å². The summed E-state index contributed by atoms with van der Waals surface area (Å²) in [6.07, 6.45) is 1.13. The van der Waals surface area contributed by atoms with Crippen molar-refractivity contribution in [1.82, 2.24) is 4.90 Å². The molecule has 0 bridgehead atoms. The van der Waals surface area contributed by atoms with Crippen LogP contribution in [0.5, 0.6) is 0 Å². The second-order valence-electron chi connectivity index (χ2n) is 5.36. The van der Waals surface area contributed by atoms with Gasteiger partial charge in [0.25, 0.3) is 17.7 Å². The Morgan fingerprint density at radius 3 is 2.25 bits per heavy atom. The molecule has 0 fully saturated rings. The van der Waals surface area contributed by atoms with Crippen molar-refractivity contribution in [3.63, 3.8) is 0 Å². The first-order valence-electron chi connectivity index (χ1n) is 7.30. The van der Waals surface area contributed by atoms with Gasteiger partial charge in [0.1, 0.15) is 5.97 Å². The van der Waals surface area contributed by atoms with Crippen molar-refractivity contribution in [1.29, 1.82) is 0 Å². The Morgan fingerprint density at radius 2 is 1.58 bits per heavy atom. The molecule has 0 unspecified atom stereocenters. The molecule has 3 rings (SSSR count). The van der Waals surface area contributed by atoms with E-state index in [1.807, 2.05) is 30.3 Å². The van der Waals surface area contributed by atoms with Gasteiger partial charge in [-0.3, -0.25) is 14.4 Å². The summed E-state index contributed by atoms with van der Waals surface area (Å²) in [6.45, 7) is 0. The van der Waals surface area contributed by atoms with Gasteiger partial charge in [-0.2, -0.15) is 0 Å². The monoisotopic (exact) mass is 322 g/mol. The number of rotatable bonds is 3. The molecule has 0 saturated heterocycles. The van der Waals surface area contributed by atoms with Crippen LogP contribution in [-0.2, 0) is 22.4 Å². The molecule has 1 aliphatic heterocycles. The van der Waals surface area contributed by atoms with E-state index < -0.39 is 23.7 Å². The molecule has 2 aromatic carbocycles. The van der Waals surface area contributed by atoms with E-state index >= 15 is 0 Å². The Labute approximate surface area is 137 Å². The maximum Gasteiger partial charge on any atom is 0.283 e. The Kier molecular flexibility index (Phi) is 3.95. The van der Waals surface area contributed by atoms with Crippen LogP contribution in [0.2, 0.25) is 0 Å². The number of imide groups is 3. The Balaban J connectivity index is 1.92. The normalized spacial score (nSPS) is 13.1. The number of benzene rings is 2. The van der Waals surface area contributed by atoms with Crippen molar-refractivity contribution in [3.8, 4) is 0 Å². The lowest BCUT2D eigenvalue weighted by atomic mass is 9.97. The Hall–Kier alpha value is -3.28. The number of carboxylic acids is 1. The maximum absolute atomic E-state index is 12.4. The number of fused-ring (bicyclic) bond motifs is 1. The third kappa shape index (κ3) is 2.58. The molecule has 120 valence electrons. The van der Waals surface area contributed by atoms with Crippen LogP contribution in [0.15, 0.2) is 48.5 Å². The average molecular weight is 322 g/mol. The van der Waals surface area contributed by atoms with Crippen LogP contribution in [0.1, 0.15) is 31.8 Å². The summed E-state index contributed by atoms with van der Waals surface area (Å²) in [5.74, 6) is -5.57. The van der Waals surface area contributed by atoms with Crippen molar-refractivity contribution in [3.05, 3.63) is 70.8 Å². The third-order valence-electron chi connectivity index (χ3n) is 3.90. The van der Waals surface area contributed by atoms with Gasteiger partial charge in [0.05, 0.1) is 11.1 Å². The first-order chi connectivity index (χ1) is 11.5. The molecule has 1 heterocycles. The van der Waals surface area contributed by atoms with E-state index in [0.717, 1.165) is 5.56 Å². The Morgan fingerprint density at radius 1 is 0.875 bits per heavy atom. The Bertz CT molecular complexity index is 857. The molecule has 0 saturated carbocycles. The second-order valence-corrected chi connectivity index (χ2v) is 5.36.